The largest absolute Gasteiger partial charge is 0.486 e. The number of para-hydroxylation sites is 1. The molecule has 2 rings (SSSR count). The lowest BCUT2D eigenvalue weighted by atomic mass is 10.2. The summed E-state index contributed by atoms with van der Waals surface area (Å²) in [5.74, 6) is 3.11. The number of rotatable bonds is 6. The van der Waals surface area contributed by atoms with Gasteiger partial charge < -0.3 is 15.4 Å². The fourth-order valence-corrected chi connectivity index (χ4v) is 3.45. The maximum atomic E-state index is 13.6. The maximum Gasteiger partial charge on any atom is 0.191 e. The zero-order chi connectivity index (χ0) is 16.5. The summed E-state index contributed by atoms with van der Waals surface area (Å²) >= 11 is 1.98. The van der Waals surface area contributed by atoms with Gasteiger partial charge in [0.05, 0.1) is 6.54 Å². The van der Waals surface area contributed by atoms with Crippen LogP contribution in [0.2, 0.25) is 0 Å². The van der Waals surface area contributed by atoms with Gasteiger partial charge in [0.25, 0.3) is 0 Å². The Kier molecular flexibility index (Phi) is 7.52. The highest BCUT2D eigenvalue weighted by molar-refractivity contribution is 7.99. The highest BCUT2D eigenvalue weighted by Gasteiger charge is 2.15. The molecule has 4 nitrogen and oxygen atoms in total. The summed E-state index contributed by atoms with van der Waals surface area (Å²) in [6.07, 6.45) is 2.23. The molecule has 0 aromatic heterocycles. The first-order valence-electron chi connectivity index (χ1n) is 8.22. The third kappa shape index (κ3) is 6.29. The van der Waals surface area contributed by atoms with Gasteiger partial charge in [-0.25, -0.2) is 9.38 Å². The van der Waals surface area contributed by atoms with Crippen LogP contribution < -0.4 is 15.4 Å². The van der Waals surface area contributed by atoms with Gasteiger partial charge in [0, 0.05) is 18.3 Å². The molecular weight excluding hydrogens is 313 g/mol. The van der Waals surface area contributed by atoms with Crippen molar-refractivity contribution in [3.8, 4) is 5.75 Å². The van der Waals surface area contributed by atoms with Crippen molar-refractivity contribution in [2.45, 2.75) is 38.8 Å². The molecule has 0 radical (unpaired) electrons. The van der Waals surface area contributed by atoms with Crippen molar-refractivity contribution in [3.05, 3.63) is 30.1 Å². The van der Waals surface area contributed by atoms with Crippen molar-refractivity contribution < 1.29 is 9.13 Å². The quantitative estimate of drug-likeness (QED) is 0.618. The summed E-state index contributed by atoms with van der Waals surface area (Å²) in [7, 11) is 0. The van der Waals surface area contributed by atoms with Crippen molar-refractivity contribution in [2.24, 2.45) is 4.99 Å². The summed E-state index contributed by atoms with van der Waals surface area (Å²) in [5, 5.41) is 6.74. The molecule has 0 aliphatic carbocycles. The van der Waals surface area contributed by atoms with E-state index in [0.29, 0.717) is 12.6 Å². The number of halogens is 1. The lowest BCUT2D eigenvalue weighted by Crippen LogP contribution is -2.45. The molecule has 0 amide bonds. The Morgan fingerprint density at radius 2 is 2.30 bits per heavy atom. The molecule has 1 saturated heterocycles. The predicted molar refractivity (Wildman–Crippen MR) is 96.0 cm³/mol. The van der Waals surface area contributed by atoms with Gasteiger partial charge in [-0.05, 0) is 44.6 Å². The number of aliphatic imine (C=N–C) groups is 1. The minimum Gasteiger partial charge on any atom is -0.486 e. The second kappa shape index (κ2) is 9.65. The van der Waals surface area contributed by atoms with Gasteiger partial charge in [-0.2, -0.15) is 11.8 Å². The molecule has 1 heterocycles. The fraction of sp³-hybridized carbons (Fsp3) is 0.588. The molecule has 1 aromatic rings. The van der Waals surface area contributed by atoms with E-state index >= 15 is 0 Å². The Morgan fingerprint density at radius 3 is 3.00 bits per heavy atom. The number of benzene rings is 1. The first-order chi connectivity index (χ1) is 11.2. The lowest BCUT2D eigenvalue weighted by molar-refractivity contribution is 0.220. The minimum atomic E-state index is -0.340. The normalized spacial score (nSPS) is 20.0. The van der Waals surface area contributed by atoms with E-state index in [1.165, 1.54) is 24.7 Å². The van der Waals surface area contributed by atoms with Crippen LogP contribution in [0, 0.1) is 5.82 Å². The zero-order valence-corrected chi connectivity index (χ0v) is 14.7. The van der Waals surface area contributed by atoms with Gasteiger partial charge in [-0.1, -0.05) is 12.1 Å². The van der Waals surface area contributed by atoms with E-state index in [-0.39, 0.29) is 17.7 Å². The lowest BCUT2D eigenvalue weighted by Gasteiger charge is -2.25. The number of ether oxygens (including phenoxy) is 1. The fourth-order valence-electron chi connectivity index (χ4n) is 2.38. The van der Waals surface area contributed by atoms with Crippen LogP contribution in [0.1, 0.15) is 26.7 Å². The molecule has 0 spiro atoms. The average Bonchev–Trinajstić information content (AvgIpc) is 2.56. The monoisotopic (exact) mass is 339 g/mol. The number of nitrogens with one attached hydrogen (secondary N) is 2. The second-order valence-corrected chi connectivity index (χ2v) is 6.79. The second-order valence-electron chi connectivity index (χ2n) is 5.64. The van der Waals surface area contributed by atoms with E-state index in [0.717, 1.165) is 18.3 Å². The molecule has 2 atom stereocenters. The third-order valence-corrected chi connectivity index (χ3v) is 4.73. The standard InChI is InChI=1S/C17H26FN3OS/c1-3-19-17(21-14-7-6-10-23-12-14)20-11-13(2)22-16-9-5-4-8-15(16)18/h4-5,8-9,13-14H,3,6-7,10-12H2,1-2H3,(H2,19,20,21). The van der Waals surface area contributed by atoms with Crippen LogP contribution in [-0.4, -0.2) is 42.7 Å². The predicted octanol–water partition coefficient (Wildman–Crippen LogP) is 3.04. The van der Waals surface area contributed by atoms with E-state index in [1.54, 1.807) is 18.2 Å². The van der Waals surface area contributed by atoms with Gasteiger partial charge in [0.1, 0.15) is 6.10 Å². The molecule has 2 N–H and O–H groups in total. The van der Waals surface area contributed by atoms with Crippen molar-refractivity contribution >= 4 is 17.7 Å². The third-order valence-electron chi connectivity index (χ3n) is 3.52. The SMILES string of the molecule is CCNC(=NCC(C)Oc1ccccc1F)NC1CCCSC1. The molecule has 6 heteroatoms. The van der Waals surface area contributed by atoms with E-state index in [4.69, 9.17) is 4.74 Å². The highest BCUT2D eigenvalue weighted by Crippen LogP contribution is 2.18. The van der Waals surface area contributed by atoms with E-state index in [2.05, 4.69) is 15.6 Å². The van der Waals surface area contributed by atoms with Crippen LogP contribution in [0.3, 0.4) is 0 Å². The summed E-state index contributed by atoms with van der Waals surface area (Å²) < 4.78 is 19.2. The molecule has 23 heavy (non-hydrogen) atoms. The topological polar surface area (TPSA) is 45.7 Å². The van der Waals surface area contributed by atoms with Crippen LogP contribution in [-0.2, 0) is 0 Å². The molecule has 1 fully saturated rings. The van der Waals surface area contributed by atoms with Crippen LogP contribution in [0.5, 0.6) is 5.75 Å². The van der Waals surface area contributed by atoms with Gasteiger partial charge in [-0.3, -0.25) is 0 Å². The van der Waals surface area contributed by atoms with E-state index < -0.39 is 0 Å². The number of thioether (sulfide) groups is 1. The molecule has 128 valence electrons. The van der Waals surface area contributed by atoms with Crippen molar-refractivity contribution in [1.29, 1.82) is 0 Å². The van der Waals surface area contributed by atoms with Crippen LogP contribution in [0.4, 0.5) is 4.39 Å². The van der Waals surface area contributed by atoms with Crippen LogP contribution in [0.25, 0.3) is 0 Å². The number of hydrogen-bond donors (Lipinski definition) is 2. The number of nitrogens with zero attached hydrogens (tertiary/aromatic N) is 1. The molecule has 2 unspecified atom stereocenters. The highest BCUT2D eigenvalue weighted by atomic mass is 32.2. The Labute approximate surface area is 142 Å². The molecule has 1 aromatic carbocycles. The van der Waals surface area contributed by atoms with Crippen molar-refractivity contribution in [3.63, 3.8) is 0 Å². The Bertz CT molecular complexity index is 506. The Balaban J connectivity index is 1.87. The first kappa shape index (κ1) is 17.9. The molecule has 0 bridgehead atoms. The van der Waals surface area contributed by atoms with Gasteiger partial charge in [-0.15, -0.1) is 0 Å². The number of guanidine groups is 1. The van der Waals surface area contributed by atoms with E-state index in [9.17, 15) is 4.39 Å². The number of hydrogen-bond acceptors (Lipinski definition) is 3. The summed E-state index contributed by atoms with van der Waals surface area (Å²) in [4.78, 5) is 4.57. The molecule has 1 aliphatic heterocycles. The summed E-state index contributed by atoms with van der Waals surface area (Å²) in [6.45, 7) is 5.24. The Hall–Kier alpha value is -1.43. The minimum absolute atomic E-state index is 0.192. The zero-order valence-electron chi connectivity index (χ0n) is 13.8. The van der Waals surface area contributed by atoms with Crippen LogP contribution in [0.15, 0.2) is 29.3 Å². The molecule has 0 saturated carbocycles. The summed E-state index contributed by atoms with van der Waals surface area (Å²) in [6, 6.07) is 6.92. The van der Waals surface area contributed by atoms with Gasteiger partial charge in [0.15, 0.2) is 17.5 Å². The van der Waals surface area contributed by atoms with Gasteiger partial charge in [0.2, 0.25) is 0 Å². The van der Waals surface area contributed by atoms with Gasteiger partial charge >= 0.3 is 0 Å². The van der Waals surface area contributed by atoms with Crippen molar-refractivity contribution in [1.82, 2.24) is 10.6 Å². The smallest absolute Gasteiger partial charge is 0.191 e. The first-order valence-corrected chi connectivity index (χ1v) is 9.38. The molecular formula is C17H26FN3OS. The van der Waals surface area contributed by atoms with Crippen molar-refractivity contribution in [2.75, 3.05) is 24.6 Å². The maximum absolute atomic E-state index is 13.6. The summed E-state index contributed by atoms with van der Waals surface area (Å²) in [5.41, 5.74) is 0. The van der Waals surface area contributed by atoms with Crippen LogP contribution >= 0.6 is 11.8 Å². The Morgan fingerprint density at radius 1 is 1.48 bits per heavy atom. The average molecular weight is 339 g/mol. The van der Waals surface area contributed by atoms with E-state index in [1.807, 2.05) is 25.6 Å². The molecule has 1 aliphatic rings.